The predicted octanol–water partition coefficient (Wildman–Crippen LogP) is 2.05. The summed E-state index contributed by atoms with van der Waals surface area (Å²) in [5.41, 5.74) is 0. The molecule has 23 heavy (non-hydrogen) atoms. The molecule has 0 bridgehead atoms. The van der Waals surface area contributed by atoms with Crippen molar-refractivity contribution in [1.29, 1.82) is 0 Å². The van der Waals surface area contributed by atoms with Gasteiger partial charge in [-0.15, -0.1) is 0 Å². The lowest BCUT2D eigenvalue weighted by Gasteiger charge is -2.18. The molecule has 0 saturated heterocycles. The van der Waals surface area contributed by atoms with Gasteiger partial charge in [-0.3, -0.25) is 0 Å². The van der Waals surface area contributed by atoms with E-state index in [9.17, 15) is 27.2 Å². The Morgan fingerprint density at radius 3 is 1.48 bits per heavy atom. The fourth-order valence-electron chi connectivity index (χ4n) is 1.01. The summed E-state index contributed by atoms with van der Waals surface area (Å²) < 4.78 is 68.5. The Balaban J connectivity index is 3.89. The molecule has 0 radical (unpaired) electrons. The van der Waals surface area contributed by atoms with E-state index in [0.717, 1.165) is 0 Å². The Labute approximate surface area is 129 Å². The molecule has 0 rings (SSSR count). The SMILES string of the molecule is C=CC(=O)OCC(F)(F)OCCCOC(F)(F)COC(=O)C=C. The number of carbonyl (C=O) groups is 2. The van der Waals surface area contributed by atoms with Crippen molar-refractivity contribution in [2.24, 2.45) is 0 Å². The molecule has 0 N–H and O–H groups in total. The third-order valence-corrected chi connectivity index (χ3v) is 2.01. The first-order valence-corrected chi connectivity index (χ1v) is 6.24. The van der Waals surface area contributed by atoms with Gasteiger partial charge in [0.2, 0.25) is 0 Å². The van der Waals surface area contributed by atoms with Gasteiger partial charge < -0.3 is 18.9 Å². The molecule has 0 aromatic rings. The highest BCUT2D eigenvalue weighted by Crippen LogP contribution is 2.18. The molecule has 0 aliphatic carbocycles. The molecule has 0 aromatic heterocycles. The minimum Gasteiger partial charge on any atom is -0.453 e. The van der Waals surface area contributed by atoms with Gasteiger partial charge in [0.15, 0.2) is 13.2 Å². The highest BCUT2D eigenvalue weighted by atomic mass is 19.3. The lowest BCUT2D eigenvalue weighted by atomic mass is 10.5. The summed E-state index contributed by atoms with van der Waals surface area (Å²) in [7, 11) is 0. The molecule has 6 nitrogen and oxygen atoms in total. The quantitative estimate of drug-likeness (QED) is 0.234. The number of hydrogen-bond donors (Lipinski definition) is 0. The maximum absolute atomic E-state index is 13.0. The number of carbonyl (C=O) groups excluding carboxylic acids is 2. The summed E-state index contributed by atoms with van der Waals surface area (Å²) in [6, 6.07) is 0. The largest absolute Gasteiger partial charge is 0.453 e. The smallest absolute Gasteiger partial charge is 0.389 e. The lowest BCUT2D eigenvalue weighted by molar-refractivity contribution is -0.274. The second-order valence-corrected chi connectivity index (χ2v) is 3.95. The maximum atomic E-state index is 13.0. The Hall–Kier alpha value is -1.94. The van der Waals surface area contributed by atoms with Crippen LogP contribution in [0.3, 0.4) is 0 Å². The Morgan fingerprint density at radius 1 is 0.826 bits per heavy atom. The molecule has 0 aliphatic heterocycles. The molecule has 0 fully saturated rings. The Morgan fingerprint density at radius 2 is 1.17 bits per heavy atom. The summed E-state index contributed by atoms with van der Waals surface area (Å²) in [5, 5.41) is 0. The van der Waals surface area contributed by atoms with E-state index in [2.05, 4.69) is 32.1 Å². The molecular formula is C13H16F4O6. The van der Waals surface area contributed by atoms with Crippen LogP contribution in [0, 0.1) is 0 Å². The van der Waals surface area contributed by atoms with Crippen LogP contribution >= 0.6 is 0 Å². The molecule has 0 heterocycles. The average molecular weight is 344 g/mol. The van der Waals surface area contributed by atoms with Crippen LogP contribution in [0.15, 0.2) is 25.3 Å². The second kappa shape index (κ2) is 9.95. The number of halogens is 4. The van der Waals surface area contributed by atoms with Gasteiger partial charge in [-0.25, -0.2) is 9.59 Å². The van der Waals surface area contributed by atoms with E-state index >= 15 is 0 Å². The van der Waals surface area contributed by atoms with E-state index in [1.54, 1.807) is 0 Å². The van der Waals surface area contributed by atoms with E-state index in [1.807, 2.05) is 0 Å². The van der Waals surface area contributed by atoms with Crippen molar-refractivity contribution in [3.63, 3.8) is 0 Å². The van der Waals surface area contributed by atoms with Crippen molar-refractivity contribution >= 4 is 11.9 Å². The third-order valence-electron chi connectivity index (χ3n) is 2.01. The highest BCUT2D eigenvalue weighted by molar-refractivity contribution is 5.81. The zero-order valence-electron chi connectivity index (χ0n) is 12.1. The zero-order valence-corrected chi connectivity index (χ0v) is 12.1. The average Bonchev–Trinajstić information content (AvgIpc) is 2.49. The van der Waals surface area contributed by atoms with Crippen LogP contribution in [-0.2, 0) is 28.5 Å². The zero-order chi connectivity index (χ0) is 17.9. The maximum Gasteiger partial charge on any atom is 0.389 e. The molecule has 10 heteroatoms. The number of rotatable bonds is 12. The van der Waals surface area contributed by atoms with Crippen molar-refractivity contribution < 1.29 is 46.1 Å². The van der Waals surface area contributed by atoms with Gasteiger partial charge in [0.25, 0.3) is 0 Å². The van der Waals surface area contributed by atoms with Crippen molar-refractivity contribution in [3.05, 3.63) is 25.3 Å². The van der Waals surface area contributed by atoms with E-state index in [1.165, 1.54) is 0 Å². The minimum atomic E-state index is -3.76. The lowest BCUT2D eigenvalue weighted by Crippen LogP contribution is -2.31. The van der Waals surface area contributed by atoms with Crippen LogP contribution in [0.1, 0.15) is 6.42 Å². The minimum absolute atomic E-state index is 0.296. The molecule has 0 saturated carbocycles. The number of alkyl halides is 4. The first kappa shape index (κ1) is 21.1. The van der Waals surface area contributed by atoms with E-state index in [0.29, 0.717) is 12.2 Å². The molecule has 132 valence electrons. The molecule has 0 spiro atoms. The van der Waals surface area contributed by atoms with Crippen LogP contribution in [-0.4, -0.2) is 50.6 Å². The molecule has 0 atom stereocenters. The number of hydrogen-bond acceptors (Lipinski definition) is 6. The summed E-state index contributed by atoms with van der Waals surface area (Å²) in [6.45, 7) is 2.13. The van der Waals surface area contributed by atoms with E-state index in [4.69, 9.17) is 0 Å². The summed E-state index contributed by atoms with van der Waals surface area (Å²) >= 11 is 0. The standard InChI is InChI=1S/C13H16F4O6/c1-3-10(18)20-8-12(14,15)22-6-5-7-23-13(16,17)9-21-11(19)4-2/h3-4H,1-2,5-9H2. The molecule has 0 amide bonds. The van der Waals surface area contributed by atoms with Crippen LogP contribution in [0.5, 0.6) is 0 Å². The highest BCUT2D eigenvalue weighted by Gasteiger charge is 2.33. The van der Waals surface area contributed by atoms with E-state index < -0.39 is 50.6 Å². The van der Waals surface area contributed by atoms with Crippen molar-refractivity contribution in [2.75, 3.05) is 26.4 Å². The summed E-state index contributed by atoms with van der Waals surface area (Å²) in [6.07, 6.45) is -6.42. The summed E-state index contributed by atoms with van der Waals surface area (Å²) in [4.78, 5) is 21.2. The fraction of sp³-hybridized carbons (Fsp3) is 0.538. The molecule has 0 aromatic carbocycles. The van der Waals surface area contributed by atoms with E-state index in [-0.39, 0.29) is 6.42 Å². The first-order chi connectivity index (χ1) is 10.6. The van der Waals surface area contributed by atoms with Crippen molar-refractivity contribution in [1.82, 2.24) is 0 Å². The molecular weight excluding hydrogens is 328 g/mol. The van der Waals surface area contributed by atoms with Crippen LogP contribution in [0.2, 0.25) is 0 Å². The van der Waals surface area contributed by atoms with Gasteiger partial charge >= 0.3 is 24.2 Å². The third kappa shape index (κ3) is 11.3. The second-order valence-electron chi connectivity index (χ2n) is 3.95. The van der Waals surface area contributed by atoms with Crippen LogP contribution < -0.4 is 0 Å². The first-order valence-electron chi connectivity index (χ1n) is 6.24. The molecule has 0 aliphatic rings. The van der Waals surface area contributed by atoms with Gasteiger partial charge in [-0.1, -0.05) is 13.2 Å². The molecule has 0 unspecified atom stereocenters. The van der Waals surface area contributed by atoms with Gasteiger partial charge in [-0.2, -0.15) is 17.6 Å². The fourth-order valence-corrected chi connectivity index (χ4v) is 1.01. The predicted molar refractivity (Wildman–Crippen MR) is 68.7 cm³/mol. The normalized spacial score (nSPS) is 11.7. The van der Waals surface area contributed by atoms with Crippen LogP contribution in [0.25, 0.3) is 0 Å². The van der Waals surface area contributed by atoms with Gasteiger partial charge in [0.1, 0.15) is 0 Å². The van der Waals surface area contributed by atoms with Crippen molar-refractivity contribution in [3.8, 4) is 0 Å². The summed E-state index contributed by atoms with van der Waals surface area (Å²) in [5.74, 6) is -2.10. The Bertz CT molecular complexity index is 387. The number of esters is 2. The Kier molecular flexibility index (Phi) is 9.11. The van der Waals surface area contributed by atoms with Gasteiger partial charge in [0, 0.05) is 12.2 Å². The van der Waals surface area contributed by atoms with Gasteiger partial charge in [0.05, 0.1) is 13.2 Å². The number of ether oxygens (including phenoxy) is 4. The van der Waals surface area contributed by atoms with Crippen LogP contribution in [0.4, 0.5) is 17.6 Å². The monoisotopic (exact) mass is 344 g/mol. The van der Waals surface area contributed by atoms with Crippen molar-refractivity contribution in [2.45, 2.75) is 18.6 Å². The van der Waals surface area contributed by atoms with Gasteiger partial charge in [-0.05, 0) is 6.42 Å². The topological polar surface area (TPSA) is 71.1 Å².